The van der Waals surface area contributed by atoms with Crippen LogP contribution in [0.5, 0.6) is 0 Å². The van der Waals surface area contributed by atoms with E-state index >= 15 is 0 Å². The van der Waals surface area contributed by atoms with Crippen molar-refractivity contribution in [3.05, 3.63) is 28.8 Å². The number of sulfonamides is 1. The maximum atomic E-state index is 13.5. The van der Waals surface area contributed by atoms with Crippen LogP contribution in [0, 0.1) is 5.92 Å². The molecule has 1 rings (SSSR count). The molecule has 0 heterocycles. The average Bonchev–Trinajstić information content (AvgIpc) is 2.63. The highest BCUT2D eigenvalue weighted by Gasteiger charge is 2.34. The maximum Gasteiger partial charge on any atom is 0.324 e. The molecule has 0 saturated heterocycles. The summed E-state index contributed by atoms with van der Waals surface area (Å²) in [6.07, 6.45) is 0.655. The van der Waals surface area contributed by atoms with Crippen LogP contribution in [-0.4, -0.2) is 27.5 Å². The fraction of sp³-hybridized carbons (Fsp3) is 0.682. The maximum absolute atomic E-state index is 13.5. The lowest BCUT2D eigenvalue weighted by molar-refractivity contribution is -0.143. The first-order valence-corrected chi connectivity index (χ1v) is 11.6. The summed E-state index contributed by atoms with van der Waals surface area (Å²) in [5.41, 5.74) is 2.70. The zero-order valence-electron chi connectivity index (χ0n) is 18.8. The Bertz CT molecular complexity index is 753. The van der Waals surface area contributed by atoms with Gasteiger partial charge in [-0.3, -0.25) is 4.79 Å². The lowest BCUT2D eigenvalue weighted by Crippen LogP contribution is -2.46. The number of esters is 1. The van der Waals surface area contributed by atoms with Gasteiger partial charge < -0.3 is 4.74 Å². The number of nitrogens with one attached hydrogen (secondary N) is 1. The Labute approximate surface area is 171 Å². The second-order valence-corrected chi connectivity index (χ2v) is 10.2. The third kappa shape index (κ3) is 5.57. The van der Waals surface area contributed by atoms with E-state index in [4.69, 9.17) is 4.74 Å². The van der Waals surface area contributed by atoms with Gasteiger partial charge in [-0.1, -0.05) is 73.9 Å². The van der Waals surface area contributed by atoms with Crippen molar-refractivity contribution in [3.8, 4) is 0 Å². The van der Waals surface area contributed by atoms with E-state index in [-0.39, 0.29) is 17.8 Å². The summed E-state index contributed by atoms with van der Waals surface area (Å²) < 4.78 is 34.5. The molecule has 0 radical (unpaired) electrons. The Balaban J connectivity index is 3.68. The average molecular weight is 412 g/mol. The summed E-state index contributed by atoms with van der Waals surface area (Å²) in [5, 5.41) is 0. The molecule has 1 aromatic rings. The molecule has 5 nitrogen and oxygen atoms in total. The van der Waals surface area contributed by atoms with E-state index in [1.54, 1.807) is 0 Å². The zero-order chi connectivity index (χ0) is 21.8. The summed E-state index contributed by atoms with van der Waals surface area (Å²) in [4.78, 5) is 12.6. The van der Waals surface area contributed by atoms with Crippen molar-refractivity contribution in [1.82, 2.24) is 4.72 Å². The molecule has 0 amide bonds. The molecular weight excluding hydrogens is 374 g/mol. The quantitative estimate of drug-likeness (QED) is 0.585. The predicted octanol–water partition coefficient (Wildman–Crippen LogP) is 4.92. The van der Waals surface area contributed by atoms with Crippen LogP contribution in [0.4, 0.5) is 0 Å². The van der Waals surface area contributed by atoms with Crippen molar-refractivity contribution in [3.63, 3.8) is 0 Å². The van der Waals surface area contributed by atoms with Gasteiger partial charge >= 0.3 is 5.97 Å². The smallest absolute Gasteiger partial charge is 0.324 e. The van der Waals surface area contributed by atoms with Crippen LogP contribution in [0.1, 0.15) is 96.3 Å². The number of benzene rings is 1. The molecule has 0 unspecified atom stereocenters. The minimum absolute atomic E-state index is 0.0305. The van der Waals surface area contributed by atoms with Gasteiger partial charge in [-0.25, -0.2) is 8.42 Å². The molecule has 0 aromatic heterocycles. The molecular formula is C22H37NO4S. The van der Waals surface area contributed by atoms with E-state index in [1.807, 2.05) is 53.7 Å². The van der Waals surface area contributed by atoms with E-state index in [9.17, 15) is 13.2 Å². The Morgan fingerprint density at radius 1 is 0.964 bits per heavy atom. The number of carbonyl (C=O) groups excluding carboxylic acids is 1. The Morgan fingerprint density at radius 3 is 1.75 bits per heavy atom. The standard InChI is InChI=1S/C22H37NO4S/c1-10-16(8)20(22(24)27-9)23-28(25,26)21-18(14(4)5)11-17(13(2)3)12-19(21)15(6)7/h11-16,20,23H,10H2,1-9H3/t16-,20+/m0/s1. The van der Waals surface area contributed by atoms with Crippen LogP contribution in [0.2, 0.25) is 0 Å². The number of methoxy groups -OCH3 is 1. The second kappa shape index (κ2) is 9.88. The van der Waals surface area contributed by atoms with Gasteiger partial charge in [0.1, 0.15) is 6.04 Å². The summed E-state index contributed by atoms with van der Waals surface area (Å²) in [7, 11) is -2.63. The molecule has 6 heteroatoms. The van der Waals surface area contributed by atoms with Crippen LogP contribution < -0.4 is 4.72 Å². The lowest BCUT2D eigenvalue weighted by Gasteiger charge is -2.26. The van der Waals surface area contributed by atoms with Gasteiger partial charge in [0.05, 0.1) is 12.0 Å². The number of hydrogen-bond acceptors (Lipinski definition) is 4. The molecule has 1 aromatic carbocycles. The summed E-state index contributed by atoms with van der Waals surface area (Å²) >= 11 is 0. The van der Waals surface area contributed by atoms with Crippen LogP contribution in [0.15, 0.2) is 17.0 Å². The fourth-order valence-corrected chi connectivity index (χ4v) is 5.18. The third-order valence-electron chi connectivity index (χ3n) is 5.30. The van der Waals surface area contributed by atoms with Gasteiger partial charge in [0.25, 0.3) is 0 Å². The van der Waals surface area contributed by atoms with E-state index in [0.29, 0.717) is 17.2 Å². The normalized spacial score (nSPS) is 14.6. The van der Waals surface area contributed by atoms with Crippen molar-refractivity contribution in [1.29, 1.82) is 0 Å². The highest BCUT2D eigenvalue weighted by Crippen LogP contribution is 2.35. The molecule has 160 valence electrons. The first kappa shape index (κ1) is 24.6. The molecule has 0 saturated carbocycles. The minimum Gasteiger partial charge on any atom is -0.468 e. The van der Waals surface area contributed by atoms with Gasteiger partial charge in [-0.15, -0.1) is 0 Å². The predicted molar refractivity (Wildman–Crippen MR) is 114 cm³/mol. The molecule has 0 aliphatic heterocycles. The third-order valence-corrected chi connectivity index (χ3v) is 6.87. The molecule has 28 heavy (non-hydrogen) atoms. The van der Waals surface area contributed by atoms with Gasteiger partial charge in [0, 0.05) is 0 Å². The molecule has 1 N–H and O–H groups in total. The van der Waals surface area contributed by atoms with Gasteiger partial charge in [-0.05, 0) is 40.4 Å². The molecule has 0 aliphatic rings. The molecule has 0 spiro atoms. The van der Waals surface area contributed by atoms with Gasteiger partial charge in [-0.2, -0.15) is 4.72 Å². The van der Waals surface area contributed by atoms with Crippen molar-refractivity contribution in [2.75, 3.05) is 7.11 Å². The van der Waals surface area contributed by atoms with Crippen molar-refractivity contribution < 1.29 is 17.9 Å². The number of ether oxygens (including phenoxy) is 1. The van der Waals surface area contributed by atoms with Crippen LogP contribution >= 0.6 is 0 Å². The molecule has 0 bridgehead atoms. The lowest BCUT2D eigenvalue weighted by atomic mass is 9.89. The van der Waals surface area contributed by atoms with E-state index in [0.717, 1.165) is 16.7 Å². The minimum atomic E-state index is -3.91. The Hall–Kier alpha value is -1.40. The van der Waals surface area contributed by atoms with Crippen molar-refractivity contribution in [2.24, 2.45) is 5.92 Å². The first-order chi connectivity index (χ1) is 12.9. The van der Waals surface area contributed by atoms with E-state index < -0.39 is 22.0 Å². The number of rotatable bonds is 9. The monoisotopic (exact) mass is 411 g/mol. The SMILES string of the molecule is CC[C@H](C)[C@@H](NS(=O)(=O)c1c(C(C)C)cc(C(C)C)cc1C(C)C)C(=O)OC. The zero-order valence-corrected chi connectivity index (χ0v) is 19.6. The highest BCUT2D eigenvalue weighted by atomic mass is 32.2. The molecule has 0 fully saturated rings. The topological polar surface area (TPSA) is 72.5 Å². The van der Waals surface area contributed by atoms with Gasteiger partial charge in [0.2, 0.25) is 10.0 Å². The Kier molecular flexibility index (Phi) is 8.69. The fourth-order valence-electron chi connectivity index (χ4n) is 3.19. The van der Waals surface area contributed by atoms with Crippen molar-refractivity contribution >= 4 is 16.0 Å². The van der Waals surface area contributed by atoms with Crippen molar-refractivity contribution in [2.45, 2.75) is 90.5 Å². The summed E-state index contributed by atoms with van der Waals surface area (Å²) in [6.45, 7) is 16.0. The highest BCUT2D eigenvalue weighted by molar-refractivity contribution is 7.89. The molecule has 2 atom stereocenters. The Morgan fingerprint density at radius 2 is 1.43 bits per heavy atom. The summed E-state index contributed by atoms with van der Waals surface area (Å²) in [5.74, 6) is -0.385. The van der Waals surface area contributed by atoms with Crippen LogP contribution in [0.25, 0.3) is 0 Å². The summed E-state index contributed by atoms with van der Waals surface area (Å²) in [6, 6.07) is 3.07. The number of carbonyl (C=O) groups is 1. The second-order valence-electron chi connectivity index (χ2n) is 8.50. The van der Waals surface area contributed by atoms with Crippen LogP contribution in [-0.2, 0) is 19.6 Å². The van der Waals surface area contributed by atoms with E-state index in [2.05, 4.69) is 18.6 Å². The van der Waals surface area contributed by atoms with Crippen LogP contribution in [0.3, 0.4) is 0 Å². The first-order valence-electron chi connectivity index (χ1n) is 10.1. The molecule has 0 aliphatic carbocycles. The van der Waals surface area contributed by atoms with Gasteiger partial charge in [0.15, 0.2) is 0 Å². The van der Waals surface area contributed by atoms with E-state index in [1.165, 1.54) is 7.11 Å². The number of hydrogen-bond donors (Lipinski definition) is 1. The largest absolute Gasteiger partial charge is 0.468 e.